The van der Waals surface area contributed by atoms with Crippen molar-refractivity contribution in [3.63, 3.8) is 0 Å². The van der Waals surface area contributed by atoms with Gasteiger partial charge in [0.1, 0.15) is 14.9 Å². The van der Waals surface area contributed by atoms with E-state index in [4.69, 9.17) is 16.7 Å². The average molecular weight is 290 g/mol. The Bertz CT molecular complexity index is 667. The highest BCUT2D eigenvalue weighted by atomic mass is 35.5. The highest BCUT2D eigenvalue weighted by Crippen LogP contribution is 2.29. The minimum Gasteiger partial charge on any atom is -0.225 e. The van der Waals surface area contributed by atoms with Crippen LogP contribution in [0.2, 0.25) is 5.02 Å². The van der Waals surface area contributed by atoms with Crippen LogP contribution >= 0.6 is 22.9 Å². The van der Waals surface area contributed by atoms with Crippen LogP contribution in [0.4, 0.5) is 0 Å². The van der Waals surface area contributed by atoms with Crippen molar-refractivity contribution in [2.24, 2.45) is 5.14 Å². The molecule has 1 aromatic heterocycles. The summed E-state index contributed by atoms with van der Waals surface area (Å²) in [6.07, 6.45) is 0. The Balaban J connectivity index is 2.59. The molecule has 0 radical (unpaired) electrons. The van der Waals surface area contributed by atoms with Crippen LogP contribution in [0, 0.1) is 6.92 Å². The molecule has 1 aromatic carbocycles. The first-order valence-electron chi connectivity index (χ1n) is 4.51. The van der Waals surface area contributed by atoms with E-state index in [-0.39, 0.29) is 9.92 Å². The molecule has 2 aromatic rings. The Morgan fingerprint density at radius 3 is 2.59 bits per heavy atom. The molecule has 0 spiro atoms. The largest absolute Gasteiger partial charge is 0.239 e. The van der Waals surface area contributed by atoms with Gasteiger partial charge < -0.3 is 0 Å². The van der Waals surface area contributed by atoms with Crippen LogP contribution in [0.25, 0.3) is 10.6 Å². The van der Waals surface area contributed by atoms with Crippen molar-refractivity contribution < 1.29 is 8.42 Å². The zero-order chi connectivity index (χ0) is 12.6. The molecule has 0 saturated heterocycles. The number of nitrogens with zero attached hydrogens (tertiary/aromatic N) is 2. The third-order valence-electron chi connectivity index (χ3n) is 2.01. The number of rotatable bonds is 2. The summed E-state index contributed by atoms with van der Waals surface area (Å²) in [5.41, 5.74) is 0.629. The molecule has 2 rings (SSSR count). The van der Waals surface area contributed by atoms with E-state index in [0.717, 1.165) is 5.01 Å². The zero-order valence-electron chi connectivity index (χ0n) is 8.71. The number of sulfonamides is 1. The molecule has 0 aliphatic carbocycles. The zero-order valence-corrected chi connectivity index (χ0v) is 11.1. The van der Waals surface area contributed by atoms with Crippen molar-refractivity contribution >= 4 is 33.0 Å². The van der Waals surface area contributed by atoms with Crippen LogP contribution in [0.1, 0.15) is 5.01 Å². The number of aromatic nitrogens is 2. The molecule has 5 nitrogen and oxygen atoms in total. The molecule has 0 saturated carbocycles. The second-order valence-electron chi connectivity index (χ2n) is 3.32. The topological polar surface area (TPSA) is 85.9 Å². The molecule has 0 atom stereocenters. The third kappa shape index (κ3) is 2.63. The Kier molecular flexibility index (Phi) is 3.17. The van der Waals surface area contributed by atoms with E-state index in [1.807, 2.05) is 6.92 Å². The second kappa shape index (κ2) is 4.34. The van der Waals surface area contributed by atoms with Crippen LogP contribution in [-0.4, -0.2) is 18.6 Å². The Morgan fingerprint density at radius 1 is 1.35 bits per heavy atom. The molecule has 90 valence electrons. The maximum absolute atomic E-state index is 11.3. The summed E-state index contributed by atoms with van der Waals surface area (Å²) in [7, 11) is -3.83. The van der Waals surface area contributed by atoms with Gasteiger partial charge in [-0.05, 0) is 19.1 Å². The number of primary sulfonamides is 1. The maximum Gasteiger partial charge on any atom is 0.239 e. The fourth-order valence-corrected chi connectivity index (χ4v) is 3.03. The van der Waals surface area contributed by atoms with Crippen LogP contribution in [-0.2, 0) is 10.0 Å². The van der Waals surface area contributed by atoms with Gasteiger partial charge in [0, 0.05) is 5.56 Å². The van der Waals surface area contributed by atoms with Crippen LogP contribution in [0.15, 0.2) is 23.1 Å². The Morgan fingerprint density at radius 2 is 2.06 bits per heavy atom. The molecule has 0 amide bonds. The van der Waals surface area contributed by atoms with Gasteiger partial charge in [0.25, 0.3) is 0 Å². The molecule has 0 unspecified atom stereocenters. The van der Waals surface area contributed by atoms with Crippen molar-refractivity contribution in [1.82, 2.24) is 10.2 Å². The molecule has 17 heavy (non-hydrogen) atoms. The summed E-state index contributed by atoms with van der Waals surface area (Å²) >= 11 is 7.15. The van der Waals surface area contributed by atoms with Crippen molar-refractivity contribution in [2.45, 2.75) is 11.8 Å². The van der Waals surface area contributed by atoms with Gasteiger partial charge in [-0.25, -0.2) is 13.6 Å². The molecule has 0 aliphatic rings. The molecular weight excluding hydrogens is 282 g/mol. The van der Waals surface area contributed by atoms with E-state index >= 15 is 0 Å². The van der Waals surface area contributed by atoms with E-state index < -0.39 is 10.0 Å². The summed E-state index contributed by atoms with van der Waals surface area (Å²) in [4.78, 5) is -0.107. The summed E-state index contributed by atoms with van der Waals surface area (Å²) in [6.45, 7) is 1.82. The maximum atomic E-state index is 11.3. The predicted octanol–water partition coefficient (Wildman–Crippen LogP) is 1.81. The van der Waals surface area contributed by atoms with E-state index in [9.17, 15) is 8.42 Å². The second-order valence-corrected chi connectivity index (χ2v) is 6.44. The first-order chi connectivity index (χ1) is 7.88. The summed E-state index contributed by atoms with van der Waals surface area (Å²) in [6, 6.07) is 4.56. The van der Waals surface area contributed by atoms with Gasteiger partial charge >= 0.3 is 0 Å². The van der Waals surface area contributed by atoms with Crippen LogP contribution in [0.3, 0.4) is 0 Å². The van der Waals surface area contributed by atoms with Crippen LogP contribution < -0.4 is 5.14 Å². The van der Waals surface area contributed by atoms with Crippen molar-refractivity contribution in [2.75, 3.05) is 0 Å². The molecule has 0 bridgehead atoms. The van der Waals surface area contributed by atoms with Gasteiger partial charge in [0.15, 0.2) is 0 Å². The Hall–Kier alpha value is -1.02. The lowest BCUT2D eigenvalue weighted by molar-refractivity contribution is 0.598. The first kappa shape index (κ1) is 12.4. The standard InChI is InChI=1S/C9H8ClN3O2S2/c1-5-12-13-9(16-5)6-2-3-7(10)8(4-6)17(11,14)15/h2-4H,1H3,(H2,11,14,15). The normalized spacial score (nSPS) is 11.7. The number of aryl methyl sites for hydroxylation is 1. The van der Waals surface area contributed by atoms with Gasteiger partial charge in [-0.15, -0.1) is 10.2 Å². The van der Waals surface area contributed by atoms with E-state index in [1.165, 1.54) is 23.5 Å². The number of nitrogens with two attached hydrogens (primary N) is 1. The molecule has 0 aliphatic heterocycles. The smallest absolute Gasteiger partial charge is 0.225 e. The summed E-state index contributed by atoms with van der Waals surface area (Å²) < 4.78 is 22.6. The number of hydrogen-bond donors (Lipinski definition) is 1. The van der Waals surface area contributed by atoms with Gasteiger partial charge in [0.05, 0.1) is 5.02 Å². The van der Waals surface area contributed by atoms with Crippen molar-refractivity contribution in [1.29, 1.82) is 0 Å². The Labute approximate surface area is 107 Å². The lowest BCUT2D eigenvalue weighted by Gasteiger charge is -2.03. The van der Waals surface area contributed by atoms with Gasteiger partial charge in [-0.2, -0.15) is 0 Å². The third-order valence-corrected chi connectivity index (χ3v) is 4.29. The summed E-state index contributed by atoms with van der Waals surface area (Å²) in [5.74, 6) is 0. The minimum absolute atomic E-state index is 0.0949. The molecule has 1 heterocycles. The molecule has 8 heteroatoms. The number of halogens is 1. The monoisotopic (exact) mass is 289 g/mol. The lowest BCUT2D eigenvalue weighted by atomic mass is 10.2. The fraction of sp³-hybridized carbons (Fsp3) is 0.111. The van der Waals surface area contributed by atoms with Crippen molar-refractivity contribution in [3.05, 3.63) is 28.2 Å². The SMILES string of the molecule is Cc1nnc(-c2ccc(Cl)c(S(N)(=O)=O)c2)s1. The first-order valence-corrected chi connectivity index (χ1v) is 7.25. The molecular formula is C9H8ClN3O2S2. The van der Waals surface area contributed by atoms with E-state index in [0.29, 0.717) is 10.6 Å². The van der Waals surface area contributed by atoms with E-state index in [2.05, 4.69) is 10.2 Å². The van der Waals surface area contributed by atoms with E-state index in [1.54, 1.807) is 6.07 Å². The predicted molar refractivity (Wildman–Crippen MR) is 66.5 cm³/mol. The van der Waals surface area contributed by atoms with Gasteiger partial charge in [0.2, 0.25) is 10.0 Å². The lowest BCUT2D eigenvalue weighted by Crippen LogP contribution is -2.12. The van der Waals surface area contributed by atoms with Crippen LogP contribution in [0.5, 0.6) is 0 Å². The van der Waals surface area contributed by atoms with Crippen molar-refractivity contribution in [3.8, 4) is 10.6 Å². The minimum atomic E-state index is -3.83. The molecule has 2 N–H and O–H groups in total. The number of benzene rings is 1. The van der Waals surface area contributed by atoms with Gasteiger partial charge in [-0.1, -0.05) is 29.0 Å². The number of hydrogen-bond acceptors (Lipinski definition) is 5. The van der Waals surface area contributed by atoms with Gasteiger partial charge in [-0.3, -0.25) is 0 Å². The molecule has 0 fully saturated rings. The average Bonchev–Trinajstić information content (AvgIpc) is 2.64. The fourth-order valence-electron chi connectivity index (χ4n) is 1.27. The highest BCUT2D eigenvalue weighted by molar-refractivity contribution is 7.89. The highest BCUT2D eigenvalue weighted by Gasteiger charge is 2.15. The quantitative estimate of drug-likeness (QED) is 0.913. The summed E-state index contributed by atoms with van der Waals surface area (Å²) in [5, 5.41) is 14.4.